The molecule has 1 aromatic carbocycles. The van der Waals surface area contributed by atoms with Crippen molar-refractivity contribution in [3.63, 3.8) is 0 Å². The van der Waals surface area contributed by atoms with Crippen molar-refractivity contribution in [2.75, 3.05) is 17.6 Å². The number of benzene rings is 1. The minimum atomic E-state index is -3.94. The Hall–Kier alpha value is -1.70. The molecule has 0 amide bonds. The van der Waals surface area contributed by atoms with Crippen LogP contribution in [0.4, 0.5) is 14.5 Å². The van der Waals surface area contributed by atoms with E-state index in [4.69, 9.17) is 0 Å². The lowest BCUT2D eigenvalue weighted by Gasteiger charge is -2.10. The van der Waals surface area contributed by atoms with Gasteiger partial charge < -0.3 is 4.74 Å². The predicted octanol–water partition coefficient (Wildman–Crippen LogP) is 1.97. The van der Waals surface area contributed by atoms with Crippen LogP contribution in [0.15, 0.2) is 12.1 Å². The zero-order valence-electron chi connectivity index (χ0n) is 11.1. The highest BCUT2D eigenvalue weighted by Crippen LogP contribution is 2.22. The molecule has 1 aromatic rings. The first-order valence-electron chi connectivity index (χ1n) is 5.78. The van der Waals surface area contributed by atoms with Crippen molar-refractivity contribution in [2.24, 2.45) is 0 Å². The second kappa shape index (κ2) is 6.65. The van der Waals surface area contributed by atoms with Crippen molar-refractivity contribution >= 4 is 21.7 Å². The van der Waals surface area contributed by atoms with E-state index < -0.39 is 39.1 Å². The third-order valence-electron chi connectivity index (χ3n) is 2.56. The Labute approximate surface area is 116 Å². The number of methoxy groups -OCH3 is 1. The molecule has 0 saturated carbocycles. The fraction of sp³-hybridized carbons (Fsp3) is 0.417. The van der Waals surface area contributed by atoms with Crippen molar-refractivity contribution < 1.29 is 26.7 Å². The molecular weight excluding hydrogens is 292 g/mol. The number of hydrogen-bond acceptors (Lipinski definition) is 4. The Morgan fingerprint density at radius 1 is 1.35 bits per heavy atom. The molecule has 0 aromatic heterocycles. The topological polar surface area (TPSA) is 72.5 Å². The minimum absolute atomic E-state index is 0.00292. The highest BCUT2D eigenvalue weighted by Gasteiger charge is 2.18. The third kappa shape index (κ3) is 4.44. The van der Waals surface area contributed by atoms with Crippen LogP contribution >= 0.6 is 0 Å². The molecule has 0 radical (unpaired) electrons. The van der Waals surface area contributed by atoms with E-state index >= 15 is 0 Å². The molecule has 0 atom stereocenters. The van der Waals surface area contributed by atoms with Crippen molar-refractivity contribution in [3.05, 3.63) is 29.3 Å². The number of anilines is 1. The van der Waals surface area contributed by atoms with Crippen molar-refractivity contribution in [1.29, 1.82) is 0 Å². The van der Waals surface area contributed by atoms with Crippen LogP contribution in [-0.4, -0.2) is 27.2 Å². The molecule has 0 aliphatic carbocycles. The third-order valence-corrected chi connectivity index (χ3v) is 3.90. The number of esters is 1. The average molecular weight is 307 g/mol. The predicted molar refractivity (Wildman–Crippen MR) is 69.8 cm³/mol. The summed E-state index contributed by atoms with van der Waals surface area (Å²) in [5.41, 5.74) is -0.582. The van der Waals surface area contributed by atoms with E-state index in [1.165, 1.54) is 20.1 Å². The van der Waals surface area contributed by atoms with Gasteiger partial charge >= 0.3 is 5.97 Å². The number of rotatable bonds is 6. The van der Waals surface area contributed by atoms with Gasteiger partial charge in [-0.05, 0) is 25.0 Å². The van der Waals surface area contributed by atoms with Crippen LogP contribution in [0.3, 0.4) is 0 Å². The van der Waals surface area contributed by atoms with Crippen molar-refractivity contribution in [3.8, 4) is 0 Å². The smallest absolute Gasteiger partial charge is 0.305 e. The molecule has 20 heavy (non-hydrogen) atoms. The van der Waals surface area contributed by atoms with Gasteiger partial charge in [0.1, 0.15) is 11.5 Å². The zero-order chi connectivity index (χ0) is 15.3. The molecule has 0 bridgehead atoms. The number of ether oxygens (including phenoxy) is 1. The van der Waals surface area contributed by atoms with Crippen LogP contribution in [0.5, 0.6) is 0 Å². The summed E-state index contributed by atoms with van der Waals surface area (Å²) in [5.74, 6) is -2.94. The Morgan fingerprint density at radius 2 is 2.00 bits per heavy atom. The summed E-state index contributed by atoms with van der Waals surface area (Å²) in [6.45, 7) is 1.39. The Kier molecular flexibility index (Phi) is 5.43. The van der Waals surface area contributed by atoms with Crippen LogP contribution in [0.25, 0.3) is 0 Å². The van der Waals surface area contributed by atoms with Gasteiger partial charge in [-0.1, -0.05) is 6.07 Å². The molecule has 0 spiro atoms. The maximum Gasteiger partial charge on any atom is 0.305 e. The molecule has 0 aliphatic rings. The van der Waals surface area contributed by atoms with Gasteiger partial charge in [0, 0.05) is 6.42 Å². The Morgan fingerprint density at radius 3 is 2.60 bits per heavy atom. The van der Waals surface area contributed by atoms with E-state index in [0.29, 0.717) is 0 Å². The van der Waals surface area contributed by atoms with Gasteiger partial charge in [-0.3, -0.25) is 9.52 Å². The summed E-state index contributed by atoms with van der Waals surface area (Å²) in [4.78, 5) is 10.9. The average Bonchev–Trinajstić information content (AvgIpc) is 2.39. The number of carbonyl (C=O) groups is 1. The number of nitrogens with one attached hydrogen (secondary N) is 1. The summed E-state index contributed by atoms with van der Waals surface area (Å²) in [6, 6.07) is 2.18. The van der Waals surface area contributed by atoms with E-state index in [0.717, 1.165) is 6.07 Å². The maximum absolute atomic E-state index is 13.7. The molecule has 0 fully saturated rings. The monoisotopic (exact) mass is 307 g/mol. The molecule has 0 aliphatic heterocycles. The van der Waals surface area contributed by atoms with Gasteiger partial charge in [0.05, 0.1) is 12.9 Å². The second-order valence-electron chi connectivity index (χ2n) is 4.15. The lowest BCUT2D eigenvalue weighted by atomic mass is 10.2. The summed E-state index contributed by atoms with van der Waals surface area (Å²) in [6.07, 6.45) is -0.0900. The van der Waals surface area contributed by atoms with Crippen LogP contribution < -0.4 is 4.72 Å². The normalized spacial score (nSPS) is 11.2. The Balaban J connectivity index is 2.77. The van der Waals surface area contributed by atoms with Gasteiger partial charge in [0.15, 0.2) is 5.82 Å². The number of halogens is 2. The highest BCUT2D eigenvalue weighted by molar-refractivity contribution is 7.92. The van der Waals surface area contributed by atoms with E-state index in [-0.39, 0.29) is 18.4 Å². The Bertz CT molecular complexity index is 602. The lowest BCUT2D eigenvalue weighted by Crippen LogP contribution is -2.19. The van der Waals surface area contributed by atoms with Crippen molar-refractivity contribution in [2.45, 2.75) is 19.8 Å². The van der Waals surface area contributed by atoms with E-state index in [1.807, 2.05) is 4.72 Å². The van der Waals surface area contributed by atoms with E-state index in [1.54, 1.807) is 0 Å². The van der Waals surface area contributed by atoms with Crippen molar-refractivity contribution in [1.82, 2.24) is 0 Å². The summed E-state index contributed by atoms with van der Waals surface area (Å²) in [5, 5.41) is 0. The standard InChI is InChI=1S/C12H15F2NO4S/c1-8-5-6-9(13)12(11(8)14)15-20(17,18)7-3-4-10(16)19-2/h5-6,15H,3-4,7H2,1-2H3. The lowest BCUT2D eigenvalue weighted by molar-refractivity contribution is -0.140. The number of hydrogen-bond donors (Lipinski definition) is 1. The molecule has 8 heteroatoms. The number of carbonyl (C=O) groups excluding carboxylic acids is 1. The highest BCUT2D eigenvalue weighted by atomic mass is 32.2. The maximum atomic E-state index is 13.7. The van der Waals surface area contributed by atoms with Crippen LogP contribution in [0, 0.1) is 18.6 Å². The number of aryl methyl sites for hydroxylation is 1. The number of sulfonamides is 1. The minimum Gasteiger partial charge on any atom is -0.469 e. The fourth-order valence-electron chi connectivity index (χ4n) is 1.47. The van der Waals surface area contributed by atoms with Gasteiger partial charge in [0.2, 0.25) is 10.0 Å². The van der Waals surface area contributed by atoms with Gasteiger partial charge in [-0.25, -0.2) is 17.2 Å². The first-order chi connectivity index (χ1) is 9.26. The molecule has 1 N–H and O–H groups in total. The fourth-order valence-corrected chi connectivity index (χ4v) is 2.59. The molecule has 0 saturated heterocycles. The molecular formula is C12H15F2NO4S. The first-order valence-corrected chi connectivity index (χ1v) is 7.44. The largest absolute Gasteiger partial charge is 0.469 e. The van der Waals surface area contributed by atoms with Crippen LogP contribution in [-0.2, 0) is 19.6 Å². The zero-order valence-corrected chi connectivity index (χ0v) is 11.9. The van der Waals surface area contributed by atoms with Gasteiger partial charge in [0.25, 0.3) is 0 Å². The van der Waals surface area contributed by atoms with Gasteiger partial charge in [-0.2, -0.15) is 0 Å². The second-order valence-corrected chi connectivity index (χ2v) is 6.00. The quantitative estimate of drug-likeness (QED) is 0.816. The molecule has 0 unspecified atom stereocenters. The summed E-state index contributed by atoms with van der Waals surface area (Å²) >= 11 is 0. The molecule has 1 rings (SSSR count). The first kappa shape index (κ1) is 16.4. The molecule has 0 heterocycles. The summed E-state index contributed by atoms with van der Waals surface area (Å²) < 4.78 is 56.7. The van der Waals surface area contributed by atoms with Gasteiger partial charge in [-0.15, -0.1) is 0 Å². The SMILES string of the molecule is COC(=O)CCCS(=O)(=O)Nc1c(F)ccc(C)c1F. The van der Waals surface area contributed by atoms with Crippen LogP contribution in [0.2, 0.25) is 0 Å². The molecule has 5 nitrogen and oxygen atoms in total. The van der Waals surface area contributed by atoms with E-state index in [9.17, 15) is 22.0 Å². The van der Waals surface area contributed by atoms with Crippen LogP contribution in [0.1, 0.15) is 18.4 Å². The summed E-state index contributed by atoms with van der Waals surface area (Å²) in [7, 11) is -2.75. The van der Waals surface area contributed by atoms with E-state index in [2.05, 4.69) is 4.74 Å². The molecule has 112 valence electrons.